The summed E-state index contributed by atoms with van der Waals surface area (Å²) in [4.78, 5) is 24.4. The Kier molecular flexibility index (Phi) is 6.53. The Bertz CT molecular complexity index is 611. The second-order valence-electron chi connectivity index (χ2n) is 7.08. The van der Waals surface area contributed by atoms with Crippen LogP contribution in [0, 0.1) is 17.7 Å². The molecule has 2 rings (SSSR count). The highest BCUT2D eigenvalue weighted by Gasteiger charge is 2.42. The van der Waals surface area contributed by atoms with Crippen LogP contribution in [0.2, 0.25) is 0 Å². The second-order valence-corrected chi connectivity index (χ2v) is 7.08. The number of benzene rings is 1. The Morgan fingerprint density at radius 1 is 1.32 bits per heavy atom. The summed E-state index contributed by atoms with van der Waals surface area (Å²) in [5.41, 5.74) is -0.259. The lowest BCUT2D eigenvalue weighted by molar-refractivity contribution is -0.142. The van der Waals surface area contributed by atoms with E-state index in [2.05, 4.69) is 5.32 Å². The van der Waals surface area contributed by atoms with E-state index in [4.69, 9.17) is 4.74 Å². The summed E-state index contributed by atoms with van der Waals surface area (Å²) in [6.07, 6.45) is 1.39. The molecular weight excluding hydrogens is 325 g/mol. The molecule has 1 unspecified atom stereocenters. The maximum Gasteiger partial charge on any atom is 0.308 e. The minimum absolute atomic E-state index is 0.0737. The molecular formula is C19H26FNO4. The molecule has 0 radical (unpaired) electrons. The van der Waals surface area contributed by atoms with Crippen LogP contribution in [-0.2, 0) is 19.7 Å². The Balaban J connectivity index is 2.17. The molecule has 5 nitrogen and oxygen atoms in total. The van der Waals surface area contributed by atoms with Gasteiger partial charge in [-0.2, -0.15) is 0 Å². The molecule has 1 aliphatic rings. The summed E-state index contributed by atoms with van der Waals surface area (Å²) in [5.74, 6) is -1.97. The van der Waals surface area contributed by atoms with Gasteiger partial charge in [-0.3, -0.25) is 9.59 Å². The molecule has 1 amide bonds. The minimum atomic E-state index is -0.916. The van der Waals surface area contributed by atoms with Gasteiger partial charge in [0.05, 0.1) is 11.3 Å². The van der Waals surface area contributed by atoms with Crippen molar-refractivity contribution in [2.24, 2.45) is 11.8 Å². The first-order valence-corrected chi connectivity index (χ1v) is 8.70. The average Bonchev–Trinajstić information content (AvgIpc) is 2.58. The van der Waals surface area contributed by atoms with Gasteiger partial charge >= 0.3 is 5.97 Å². The van der Waals surface area contributed by atoms with Crippen molar-refractivity contribution in [1.82, 2.24) is 5.32 Å². The maximum atomic E-state index is 13.7. The number of carbonyl (C=O) groups is 2. The third-order valence-corrected chi connectivity index (χ3v) is 4.77. The van der Waals surface area contributed by atoms with Crippen molar-refractivity contribution in [3.05, 3.63) is 35.6 Å². The van der Waals surface area contributed by atoms with Crippen LogP contribution in [0.5, 0.6) is 0 Å². The molecule has 25 heavy (non-hydrogen) atoms. The molecule has 0 saturated carbocycles. The lowest BCUT2D eigenvalue weighted by Gasteiger charge is -2.36. The first kappa shape index (κ1) is 19.4. The van der Waals surface area contributed by atoms with Gasteiger partial charge in [-0.05, 0) is 42.9 Å². The van der Waals surface area contributed by atoms with Crippen LogP contribution in [0.15, 0.2) is 24.3 Å². The van der Waals surface area contributed by atoms with Crippen LogP contribution >= 0.6 is 0 Å². The first-order chi connectivity index (χ1) is 11.8. The predicted octanol–water partition coefficient (Wildman–Crippen LogP) is 2.74. The minimum Gasteiger partial charge on any atom is -0.481 e. The topological polar surface area (TPSA) is 75.6 Å². The van der Waals surface area contributed by atoms with Crippen molar-refractivity contribution in [2.45, 2.75) is 38.5 Å². The van der Waals surface area contributed by atoms with Crippen LogP contribution in [0.4, 0.5) is 4.39 Å². The van der Waals surface area contributed by atoms with E-state index in [1.165, 1.54) is 12.1 Å². The van der Waals surface area contributed by atoms with Crippen LogP contribution < -0.4 is 5.32 Å². The smallest absolute Gasteiger partial charge is 0.308 e. The molecule has 0 aromatic heterocycles. The van der Waals surface area contributed by atoms with Crippen LogP contribution in [0.25, 0.3) is 0 Å². The average molecular weight is 351 g/mol. The molecule has 138 valence electrons. The molecule has 1 saturated heterocycles. The Morgan fingerprint density at radius 3 is 2.56 bits per heavy atom. The zero-order chi connectivity index (χ0) is 18.4. The molecule has 0 bridgehead atoms. The highest BCUT2D eigenvalue weighted by Crippen LogP contribution is 2.35. The van der Waals surface area contributed by atoms with Gasteiger partial charge in [-0.25, -0.2) is 4.39 Å². The molecule has 1 fully saturated rings. The van der Waals surface area contributed by atoms with Gasteiger partial charge in [0.2, 0.25) is 5.91 Å². The zero-order valence-corrected chi connectivity index (χ0v) is 14.8. The summed E-state index contributed by atoms with van der Waals surface area (Å²) in [6, 6.07) is 6.07. The van der Waals surface area contributed by atoms with E-state index in [9.17, 15) is 19.1 Å². The molecule has 1 aliphatic heterocycles. The molecule has 1 heterocycles. The van der Waals surface area contributed by atoms with E-state index >= 15 is 0 Å². The first-order valence-electron chi connectivity index (χ1n) is 8.70. The monoisotopic (exact) mass is 351 g/mol. The molecule has 1 aromatic rings. The normalized spacial score (nSPS) is 17.9. The second kappa shape index (κ2) is 8.43. The number of carboxylic acid groups (broad SMARTS) is 1. The molecule has 0 spiro atoms. The van der Waals surface area contributed by atoms with Gasteiger partial charge in [0, 0.05) is 19.8 Å². The number of aliphatic carboxylic acids is 1. The van der Waals surface area contributed by atoms with Gasteiger partial charge in [0.25, 0.3) is 0 Å². The number of hydrogen-bond acceptors (Lipinski definition) is 3. The van der Waals surface area contributed by atoms with Crippen molar-refractivity contribution in [2.75, 3.05) is 19.8 Å². The number of amides is 1. The van der Waals surface area contributed by atoms with Crippen molar-refractivity contribution in [3.63, 3.8) is 0 Å². The van der Waals surface area contributed by atoms with E-state index in [0.29, 0.717) is 38.0 Å². The van der Waals surface area contributed by atoms with Crippen molar-refractivity contribution in [3.8, 4) is 0 Å². The van der Waals surface area contributed by atoms with Gasteiger partial charge in [-0.15, -0.1) is 0 Å². The summed E-state index contributed by atoms with van der Waals surface area (Å²) in [7, 11) is 0. The number of carbonyl (C=O) groups excluding carboxylic acids is 1. The van der Waals surface area contributed by atoms with Crippen LogP contribution in [-0.4, -0.2) is 36.7 Å². The summed E-state index contributed by atoms with van der Waals surface area (Å²) >= 11 is 0. The van der Waals surface area contributed by atoms with Crippen molar-refractivity contribution in [1.29, 1.82) is 0 Å². The van der Waals surface area contributed by atoms with Crippen LogP contribution in [0.1, 0.15) is 38.7 Å². The summed E-state index contributed by atoms with van der Waals surface area (Å²) in [5, 5.41) is 12.1. The predicted molar refractivity (Wildman–Crippen MR) is 91.7 cm³/mol. The molecule has 6 heteroatoms. The van der Waals surface area contributed by atoms with Crippen LogP contribution in [0.3, 0.4) is 0 Å². The SMILES string of the molecule is CC(C)CC(CNC(=O)C1(c2cccc(F)c2)CCOCC1)C(=O)O. The highest BCUT2D eigenvalue weighted by atomic mass is 19.1. The Hall–Kier alpha value is -1.95. The molecule has 1 atom stereocenters. The highest BCUT2D eigenvalue weighted by molar-refractivity contribution is 5.88. The van der Waals surface area contributed by atoms with E-state index in [0.717, 1.165) is 0 Å². The van der Waals surface area contributed by atoms with E-state index in [-0.39, 0.29) is 24.2 Å². The lowest BCUT2D eigenvalue weighted by atomic mass is 9.73. The van der Waals surface area contributed by atoms with Gasteiger partial charge in [-0.1, -0.05) is 26.0 Å². The lowest BCUT2D eigenvalue weighted by Crippen LogP contribution is -2.49. The molecule has 0 aliphatic carbocycles. The molecule has 2 N–H and O–H groups in total. The number of carboxylic acids is 1. The van der Waals surface area contributed by atoms with E-state index in [1.807, 2.05) is 13.8 Å². The fourth-order valence-corrected chi connectivity index (χ4v) is 3.38. The fraction of sp³-hybridized carbons (Fsp3) is 0.579. The third-order valence-electron chi connectivity index (χ3n) is 4.77. The number of ether oxygens (including phenoxy) is 1. The third kappa shape index (κ3) is 4.78. The van der Waals surface area contributed by atoms with Gasteiger partial charge in [0.15, 0.2) is 0 Å². The maximum absolute atomic E-state index is 13.7. The van der Waals surface area contributed by atoms with Crippen molar-refractivity contribution < 1.29 is 23.8 Å². The van der Waals surface area contributed by atoms with E-state index < -0.39 is 17.3 Å². The van der Waals surface area contributed by atoms with Gasteiger partial charge < -0.3 is 15.2 Å². The molecule has 1 aromatic carbocycles. The van der Waals surface area contributed by atoms with E-state index in [1.54, 1.807) is 12.1 Å². The van der Waals surface area contributed by atoms with Gasteiger partial charge in [0.1, 0.15) is 5.82 Å². The van der Waals surface area contributed by atoms with Crippen molar-refractivity contribution >= 4 is 11.9 Å². The number of nitrogens with one attached hydrogen (secondary N) is 1. The summed E-state index contributed by atoms with van der Waals surface area (Å²) < 4.78 is 19.1. The largest absolute Gasteiger partial charge is 0.481 e. The quantitative estimate of drug-likeness (QED) is 0.792. The number of halogens is 1. The summed E-state index contributed by atoms with van der Waals surface area (Å²) in [6.45, 7) is 4.80. The fourth-order valence-electron chi connectivity index (χ4n) is 3.38. The Morgan fingerprint density at radius 2 is 2.00 bits per heavy atom. The Labute approximate surface area is 147 Å². The zero-order valence-electron chi connectivity index (χ0n) is 14.8. The number of rotatable bonds is 7. The number of hydrogen-bond donors (Lipinski definition) is 2. The standard InChI is InChI=1S/C19H26FNO4/c1-13(2)10-14(17(22)23)12-21-18(24)19(6-8-25-9-7-19)15-4-3-5-16(20)11-15/h3-5,11,13-14H,6-10,12H2,1-2H3,(H,21,24)(H,22,23).